The van der Waals surface area contributed by atoms with Crippen molar-refractivity contribution in [3.63, 3.8) is 0 Å². The van der Waals surface area contributed by atoms with Crippen molar-refractivity contribution < 1.29 is 0 Å². The zero-order valence-corrected chi connectivity index (χ0v) is 31.4. The minimum absolute atomic E-state index is 0.901. The van der Waals surface area contributed by atoms with Crippen molar-refractivity contribution in [1.82, 2.24) is 15.0 Å². The molecule has 0 unspecified atom stereocenters. The zero-order valence-electron chi connectivity index (χ0n) is 31.4. The Bertz CT molecular complexity index is 3590. The van der Waals surface area contributed by atoms with Gasteiger partial charge in [0.1, 0.15) is 0 Å². The van der Waals surface area contributed by atoms with Crippen molar-refractivity contribution in [2.24, 2.45) is 0 Å². The third-order valence-corrected chi connectivity index (χ3v) is 11.8. The van der Waals surface area contributed by atoms with Gasteiger partial charge in [-0.1, -0.05) is 152 Å². The Morgan fingerprint density at radius 2 is 0.724 bits per heavy atom. The average Bonchev–Trinajstić information content (AvgIpc) is 3.30. The third kappa shape index (κ3) is 5.32. The number of fused-ring (bicyclic) bond motifs is 11. The Balaban J connectivity index is 0.894. The average molecular weight is 736 g/mol. The van der Waals surface area contributed by atoms with Crippen LogP contribution in [0.15, 0.2) is 200 Å². The molecule has 0 aliphatic heterocycles. The maximum atomic E-state index is 5.27. The third-order valence-electron chi connectivity index (χ3n) is 11.8. The fourth-order valence-electron chi connectivity index (χ4n) is 8.83. The number of nitrogens with zero attached hydrogens (tertiary/aromatic N) is 3. The molecule has 0 saturated heterocycles. The van der Waals surface area contributed by atoms with Crippen LogP contribution in [0.25, 0.3) is 121 Å². The van der Waals surface area contributed by atoms with Crippen molar-refractivity contribution >= 4 is 75.9 Å². The summed E-state index contributed by atoms with van der Waals surface area (Å²) in [5.41, 5.74) is 12.5. The number of hydrogen-bond acceptors (Lipinski definition) is 3. The summed E-state index contributed by atoms with van der Waals surface area (Å²) in [5.74, 6) is 0. The molecule has 12 aromatic rings. The molecule has 0 radical (unpaired) electrons. The molecule has 0 aliphatic rings. The summed E-state index contributed by atoms with van der Waals surface area (Å²) >= 11 is 0. The lowest BCUT2D eigenvalue weighted by molar-refractivity contribution is 1.36. The van der Waals surface area contributed by atoms with E-state index in [9.17, 15) is 0 Å². The number of aromatic nitrogens is 3. The Labute approximate surface area is 334 Å². The van der Waals surface area contributed by atoms with Crippen LogP contribution in [0.1, 0.15) is 0 Å². The molecule has 0 fully saturated rings. The molecule has 9 aromatic carbocycles. The van der Waals surface area contributed by atoms with Gasteiger partial charge in [0.05, 0.1) is 33.5 Å². The topological polar surface area (TPSA) is 38.7 Å². The molecular formula is C55H33N3. The molecule has 3 heterocycles. The standard InChI is InChI=1S/C55H33N3/c1-6-15-50-41(8-1)32-43-31-39(25-29-53(43)56-50)38-9-7-10-42(30-38)52-28-24-37-21-20-36-23-27-51(57-54(36)55(37)58-52)35-18-16-34(17-19-35)40-22-26-48-46-13-3-2-11-44(46)45-12-4-5-14-47(45)49(48)33-40/h1-33H. The van der Waals surface area contributed by atoms with Crippen LogP contribution in [0.2, 0.25) is 0 Å². The first-order valence-electron chi connectivity index (χ1n) is 19.8. The van der Waals surface area contributed by atoms with Gasteiger partial charge in [-0.05, 0) is 103 Å². The van der Waals surface area contributed by atoms with Crippen molar-refractivity contribution in [2.45, 2.75) is 0 Å². The highest BCUT2D eigenvalue weighted by molar-refractivity contribution is 6.25. The largest absolute Gasteiger partial charge is 0.248 e. The van der Waals surface area contributed by atoms with Crippen molar-refractivity contribution in [2.75, 3.05) is 0 Å². The lowest BCUT2D eigenvalue weighted by Crippen LogP contribution is -1.91. The second-order valence-electron chi connectivity index (χ2n) is 15.2. The van der Waals surface area contributed by atoms with E-state index in [0.717, 1.165) is 77.3 Å². The molecule has 0 N–H and O–H groups in total. The van der Waals surface area contributed by atoms with Crippen LogP contribution in [0.4, 0.5) is 0 Å². The summed E-state index contributed by atoms with van der Waals surface area (Å²) in [6.07, 6.45) is 0. The fourth-order valence-corrected chi connectivity index (χ4v) is 8.83. The second-order valence-corrected chi connectivity index (χ2v) is 15.2. The molecule has 3 aromatic heterocycles. The molecule has 0 saturated carbocycles. The summed E-state index contributed by atoms with van der Waals surface area (Å²) in [6.45, 7) is 0. The molecule has 0 aliphatic carbocycles. The Hall–Kier alpha value is -7.75. The first kappa shape index (κ1) is 32.5. The molecule has 58 heavy (non-hydrogen) atoms. The second kappa shape index (κ2) is 12.9. The molecule has 3 heteroatoms. The SMILES string of the molecule is c1cc(-c2ccc3nc4ccccc4cc3c2)cc(-c2ccc3ccc4ccc(-c5ccc(-c6ccc7c8ccccc8c8ccccc8c7c6)cc5)nc4c3n2)c1. The molecule has 268 valence electrons. The highest BCUT2D eigenvalue weighted by Gasteiger charge is 2.13. The number of pyridine rings is 3. The Kier molecular flexibility index (Phi) is 7.23. The van der Waals surface area contributed by atoms with Gasteiger partial charge in [-0.25, -0.2) is 15.0 Å². The maximum absolute atomic E-state index is 5.27. The summed E-state index contributed by atoms with van der Waals surface area (Å²) < 4.78 is 0. The van der Waals surface area contributed by atoms with Gasteiger partial charge in [-0.3, -0.25) is 0 Å². The van der Waals surface area contributed by atoms with Gasteiger partial charge in [-0.15, -0.1) is 0 Å². The van der Waals surface area contributed by atoms with Gasteiger partial charge >= 0.3 is 0 Å². The predicted molar refractivity (Wildman–Crippen MR) is 244 cm³/mol. The van der Waals surface area contributed by atoms with Crippen molar-refractivity contribution in [3.05, 3.63) is 200 Å². The number of benzene rings is 9. The van der Waals surface area contributed by atoms with Crippen LogP contribution < -0.4 is 0 Å². The molecule has 0 amide bonds. The number of rotatable bonds is 4. The minimum Gasteiger partial charge on any atom is -0.248 e. The quantitative estimate of drug-likeness (QED) is 0.133. The van der Waals surface area contributed by atoms with Gasteiger partial charge in [0.25, 0.3) is 0 Å². The van der Waals surface area contributed by atoms with E-state index < -0.39 is 0 Å². The van der Waals surface area contributed by atoms with Crippen molar-refractivity contribution in [1.29, 1.82) is 0 Å². The van der Waals surface area contributed by atoms with Crippen LogP contribution in [-0.2, 0) is 0 Å². The fraction of sp³-hybridized carbons (Fsp3) is 0. The minimum atomic E-state index is 0.901. The molecule has 3 nitrogen and oxygen atoms in total. The Morgan fingerprint density at radius 3 is 1.45 bits per heavy atom. The first-order chi connectivity index (χ1) is 28.7. The highest BCUT2D eigenvalue weighted by Crippen LogP contribution is 2.38. The van der Waals surface area contributed by atoms with E-state index in [4.69, 9.17) is 15.0 Å². The van der Waals surface area contributed by atoms with Crippen LogP contribution >= 0.6 is 0 Å². The number of hydrogen-bond donors (Lipinski definition) is 0. The predicted octanol–water partition coefficient (Wildman–Crippen LogP) is 14.6. The lowest BCUT2D eigenvalue weighted by Gasteiger charge is -2.12. The molecule has 12 rings (SSSR count). The van der Waals surface area contributed by atoms with E-state index in [2.05, 4.69) is 194 Å². The summed E-state index contributed by atoms with van der Waals surface area (Å²) in [5, 5.41) is 12.1. The Morgan fingerprint density at radius 1 is 0.224 bits per heavy atom. The first-order valence-corrected chi connectivity index (χ1v) is 19.8. The summed E-state index contributed by atoms with van der Waals surface area (Å²) in [6, 6.07) is 71.7. The van der Waals surface area contributed by atoms with E-state index in [1.54, 1.807) is 0 Å². The van der Waals surface area contributed by atoms with Gasteiger partial charge < -0.3 is 0 Å². The molecule has 0 bridgehead atoms. The highest BCUT2D eigenvalue weighted by atomic mass is 14.8. The van der Waals surface area contributed by atoms with Crippen LogP contribution in [0.3, 0.4) is 0 Å². The maximum Gasteiger partial charge on any atom is 0.0972 e. The van der Waals surface area contributed by atoms with Crippen molar-refractivity contribution in [3.8, 4) is 44.8 Å². The van der Waals surface area contributed by atoms with E-state index >= 15 is 0 Å². The molecular weight excluding hydrogens is 703 g/mol. The van der Waals surface area contributed by atoms with E-state index in [1.807, 2.05) is 6.07 Å². The monoisotopic (exact) mass is 735 g/mol. The molecule has 0 spiro atoms. The smallest absolute Gasteiger partial charge is 0.0972 e. The van der Waals surface area contributed by atoms with Gasteiger partial charge in [0.2, 0.25) is 0 Å². The normalized spacial score (nSPS) is 11.8. The number of para-hydroxylation sites is 1. The van der Waals surface area contributed by atoms with Crippen LogP contribution in [0, 0.1) is 0 Å². The van der Waals surface area contributed by atoms with E-state index in [0.29, 0.717) is 0 Å². The van der Waals surface area contributed by atoms with Gasteiger partial charge in [0, 0.05) is 32.7 Å². The van der Waals surface area contributed by atoms with Gasteiger partial charge in [0.15, 0.2) is 0 Å². The van der Waals surface area contributed by atoms with E-state index in [1.165, 1.54) is 43.4 Å². The van der Waals surface area contributed by atoms with E-state index in [-0.39, 0.29) is 0 Å². The summed E-state index contributed by atoms with van der Waals surface area (Å²) in [7, 11) is 0. The van der Waals surface area contributed by atoms with Gasteiger partial charge in [-0.2, -0.15) is 0 Å². The summed E-state index contributed by atoms with van der Waals surface area (Å²) in [4.78, 5) is 15.4. The zero-order chi connectivity index (χ0) is 38.2. The molecule has 0 atom stereocenters. The van der Waals surface area contributed by atoms with Crippen LogP contribution in [0.5, 0.6) is 0 Å². The lowest BCUT2D eigenvalue weighted by atomic mass is 9.92. The van der Waals surface area contributed by atoms with Crippen LogP contribution in [-0.4, -0.2) is 15.0 Å².